The standard InChI is InChI=1S/C10H18N4/c1-2-9(11)10-13-12-7-14(10)8-5-3-4-6-8/h7-9H,2-6,11H2,1H3. The van der Waals surface area contributed by atoms with Gasteiger partial charge in [-0.1, -0.05) is 19.8 Å². The van der Waals surface area contributed by atoms with Crippen LogP contribution in [0, 0.1) is 0 Å². The molecule has 1 aliphatic rings. The van der Waals surface area contributed by atoms with Crippen LogP contribution in [0.3, 0.4) is 0 Å². The lowest BCUT2D eigenvalue weighted by atomic mass is 10.2. The summed E-state index contributed by atoms with van der Waals surface area (Å²) in [6.45, 7) is 2.08. The van der Waals surface area contributed by atoms with Gasteiger partial charge in [-0.15, -0.1) is 10.2 Å². The highest BCUT2D eigenvalue weighted by Crippen LogP contribution is 2.31. The average Bonchev–Trinajstić information content (AvgIpc) is 2.85. The van der Waals surface area contributed by atoms with Gasteiger partial charge < -0.3 is 10.3 Å². The molecule has 1 aromatic heterocycles. The van der Waals surface area contributed by atoms with Gasteiger partial charge in [-0.2, -0.15) is 0 Å². The molecule has 4 nitrogen and oxygen atoms in total. The van der Waals surface area contributed by atoms with E-state index in [1.165, 1.54) is 25.7 Å². The predicted octanol–water partition coefficient (Wildman–Crippen LogP) is 1.80. The van der Waals surface area contributed by atoms with Crippen LogP contribution >= 0.6 is 0 Å². The van der Waals surface area contributed by atoms with Gasteiger partial charge in [-0.05, 0) is 19.3 Å². The molecule has 1 aliphatic carbocycles. The van der Waals surface area contributed by atoms with Crippen LogP contribution < -0.4 is 5.73 Å². The van der Waals surface area contributed by atoms with Crippen molar-refractivity contribution < 1.29 is 0 Å². The summed E-state index contributed by atoms with van der Waals surface area (Å²) in [6, 6.07) is 0.635. The van der Waals surface area contributed by atoms with Crippen molar-refractivity contribution in [1.29, 1.82) is 0 Å². The van der Waals surface area contributed by atoms with E-state index in [4.69, 9.17) is 5.73 Å². The van der Waals surface area contributed by atoms with Gasteiger partial charge in [-0.25, -0.2) is 0 Å². The highest BCUT2D eigenvalue weighted by Gasteiger charge is 2.21. The normalized spacial score (nSPS) is 20.1. The van der Waals surface area contributed by atoms with Gasteiger partial charge >= 0.3 is 0 Å². The fourth-order valence-electron chi connectivity index (χ4n) is 2.16. The number of rotatable bonds is 3. The zero-order valence-electron chi connectivity index (χ0n) is 8.69. The Hall–Kier alpha value is -0.900. The molecule has 4 heteroatoms. The van der Waals surface area contributed by atoms with Gasteiger partial charge in [0.1, 0.15) is 12.2 Å². The largest absolute Gasteiger partial charge is 0.321 e. The second-order valence-electron chi connectivity index (χ2n) is 4.05. The number of nitrogens with two attached hydrogens (primary N) is 1. The molecular weight excluding hydrogens is 176 g/mol. The van der Waals surface area contributed by atoms with E-state index in [1.54, 1.807) is 0 Å². The van der Waals surface area contributed by atoms with E-state index < -0.39 is 0 Å². The van der Waals surface area contributed by atoms with Gasteiger partial charge in [0.05, 0.1) is 6.04 Å². The molecule has 1 atom stereocenters. The summed E-state index contributed by atoms with van der Waals surface area (Å²) in [6.07, 6.45) is 7.91. The van der Waals surface area contributed by atoms with E-state index in [-0.39, 0.29) is 6.04 Å². The van der Waals surface area contributed by atoms with Crippen LogP contribution in [0.2, 0.25) is 0 Å². The lowest BCUT2D eigenvalue weighted by Gasteiger charge is -2.16. The Labute approximate surface area is 84.5 Å². The molecule has 1 unspecified atom stereocenters. The van der Waals surface area contributed by atoms with Crippen molar-refractivity contribution in [2.75, 3.05) is 0 Å². The first-order valence-corrected chi connectivity index (χ1v) is 5.48. The Kier molecular flexibility index (Phi) is 2.82. The molecule has 2 N–H and O–H groups in total. The molecule has 1 heterocycles. The van der Waals surface area contributed by atoms with Crippen molar-refractivity contribution in [3.05, 3.63) is 12.2 Å². The molecule has 0 amide bonds. The molecule has 2 rings (SSSR count). The Morgan fingerprint density at radius 1 is 1.57 bits per heavy atom. The Bertz CT molecular complexity index is 288. The Morgan fingerprint density at radius 2 is 2.29 bits per heavy atom. The maximum absolute atomic E-state index is 5.98. The smallest absolute Gasteiger partial charge is 0.150 e. The fourth-order valence-corrected chi connectivity index (χ4v) is 2.16. The molecular formula is C10H18N4. The summed E-state index contributed by atoms with van der Waals surface area (Å²) < 4.78 is 2.18. The molecule has 1 saturated carbocycles. The van der Waals surface area contributed by atoms with Crippen molar-refractivity contribution in [3.8, 4) is 0 Å². The first-order valence-electron chi connectivity index (χ1n) is 5.48. The molecule has 0 radical (unpaired) electrons. The van der Waals surface area contributed by atoms with Gasteiger partial charge in [0.2, 0.25) is 0 Å². The van der Waals surface area contributed by atoms with Crippen LogP contribution in [0.4, 0.5) is 0 Å². The third kappa shape index (κ3) is 1.66. The molecule has 1 aromatic rings. The van der Waals surface area contributed by atoms with E-state index in [2.05, 4.69) is 21.7 Å². The van der Waals surface area contributed by atoms with Crippen LogP contribution in [0.25, 0.3) is 0 Å². The number of hydrogen-bond donors (Lipinski definition) is 1. The van der Waals surface area contributed by atoms with Crippen molar-refractivity contribution >= 4 is 0 Å². The fraction of sp³-hybridized carbons (Fsp3) is 0.800. The van der Waals surface area contributed by atoms with Crippen molar-refractivity contribution in [3.63, 3.8) is 0 Å². The van der Waals surface area contributed by atoms with Crippen molar-refractivity contribution in [2.45, 2.75) is 51.1 Å². The highest BCUT2D eigenvalue weighted by molar-refractivity contribution is 4.96. The third-order valence-electron chi connectivity index (χ3n) is 3.09. The van der Waals surface area contributed by atoms with E-state index in [0.717, 1.165) is 12.2 Å². The van der Waals surface area contributed by atoms with E-state index >= 15 is 0 Å². The van der Waals surface area contributed by atoms with E-state index in [1.807, 2.05) is 6.33 Å². The summed E-state index contributed by atoms with van der Waals surface area (Å²) in [4.78, 5) is 0. The molecule has 0 spiro atoms. The molecule has 0 aliphatic heterocycles. The van der Waals surface area contributed by atoms with Crippen LogP contribution in [0.5, 0.6) is 0 Å². The molecule has 0 aromatic carbocycles. The van der Waals surface area contributed by atoms with Crippen molar-refractivity contribution in [1.82, 2.24) is 14.8 Å². The minimum absolute atomic E-state index is 0.0399. The monoisotopic (exact) mass is 194 g/mol. The van der Waals surface area contributed by atoms with Gasteiger partial charge in [-0.3, -0.25) is 0 Å². The summed E-state index contributed by atoms with van der Waals surface area (Å²) in [7, 11) is 0. The third-order valence-corrected chi connectivity index (χ3v) is 3.09. The zero-order valence-corrected chi connectivity index (χ0v) is 8.69. The molecule has 0 bridgehead atoms. The minimum Gasteiger partial charge on any atom is -0.321 e. The van der Waals surface area contributed by atoms with Crippen LogP contribution in [0.1, 0.15) is 56.9 Å². The highest BCUT2D eigenvalue weighted by atomic mass is 15.3. The van der Waals surface area contributed by atoms with E-state index in [9.17, 15) is 0 Å². The van der Waals surface area contributed by atoms with Gasteiger partial charge in [0, 0.05) is 6.04 Å². The lowest BCUT2D eigenvalue weighted by molar-refractivity contribution is 0.472. The lowest BCUT2D eigenvalue weighted by Crippen LogP contribution is -2.17. The first kappa shape index (κ1) is 9.65. The quantitative estimate of drug-likeness (QED) is 0.798. The minimum atomic E-state index is 0.0399. The second-order valence-corrected chi connectivity index (χ2v) is 4.05. The van der Waals surface area contributed by atoms with Gasteiger partial charge in [0.15, 0.2) is 0 Å². The topological polar surface area (TPSA) is 56.7 Å². The van der Waals surface area contributed by atoms with Crippen LogP contribution in [0.15, 0.2) is 6.33 Å². The predicted molar refractivity (Wildman–Crippen MR) is 54.7 cm³/mol. The van der Waals surface area contributed by atoms with E-state index in [0.29, 0.717) is 6.04 Å². The second kappa shape index (κ2) is 4.09. The summed E-state index contributed by atoms with van der Waals surface area (Å²) >= 11 is 0. The maximum Gasteiger partial charge on any atom is 0.150 e. The Morgan fingerprint density at radius 3 is 2.93 bits per heavy atom. The first-order chi connectivity index (χ1) is 6.83. The van der Waals surface area contributed by atoms with Gasteiger partial charge in [0.25, 0.3) is 0 Å². The molecule has 14 heavy (non-hydrogen) atoms. The number of nitrogens with zero attached hydrogens (tertiary/aromatic N) is 3. The molecule has 78 valence electrons. The molecule has 0 saturated heterocycles. The van der Waals surface area contributed by atoms with Crippen molar-refractivity contribution in [2.24, 2.45) is 5.73 Å². The summed E-state index contributed by atoms with van der Waals surface area (Å²) in [5.41, 5.74) is 5.98. The number of aromatic nitrogens is 3. The SMILES string of the molecule is CCC(N)c1nncn1C1CCCC1. The summed E-state index contributed by atoms with van der Waals surface area (Å²) in [5.74, 6) is 0.958. The van der Waals surface area contributed by atoms with Crippen LogP contribution in [-0.4, -0.2) is 14.8 Å². The average molecular weight is 194 g/mol. The summed E-state index contributed by atoms with van der Waals surface area (Å²) in [5, 5.41) is 8.09. The van der Waals surface area contributed by atoms with Crippen LogP contribution in [-0.2, 0) is 0 Å². The Balaban J connectivity index is 2.19. The zero-order chi connectivity index (χ0) is 9.97. The maximum atomic E-state index is 5.98. The number of hydrogen-bond acceptors (Lipinski definition) is 3. The molecule has 1 fully saturated rings.